The number of nitrogens with zero attached hydrogens (tertiary/aromatic N) is 1. The van der Waals surface area contributed by atoms with E-state index in [1.807, 2.05) is 38.1 Å². The van der Waals surface area contributed by atoms with Crippen molar-refractivity contribution in [3.8, 4) is 11.5 Å². The van der Waals surface area contributed by atoms with Crippen molar-refractivity contribution in [3.63, 3.8) is 0 Å². The van der Waals surface area contributed by atoms with E-state index in [4.69, 9.17) is 9.47 Å². The average Bonchev–Trinajstić information content (AvgIpc) is 2.65. The number of hydrogen-bond donors (Lipinski definition) is 1. The van der Waals surface area contributed by atoms with Crippen LogP contribution in [0.4, 0.5) is 5.69 Å². The largest absolute Gasteiger partial charge is 0.491 e. The number of carbonyl (C=O) groups is 1. The molecule has 3 rings (SSSR count). The van der Waals surface area contributed by atoms with Gasteiger partial charge in [-0.25, -0.2) is 8.42 Å². The molecule has 1 heterocycles. The summed E-state index contributed by atoms with van der Waals surface area (Å²) in [4.78, 5) is 12.7. The number of aryl methyl sites for hydroxylation is 1. The van der Waals surface area contributed by atoms with E-state index in [1.165, 1.54) is 4.31 Å². The van der Waals surface area contributed by atoms with E-state index in [1.54, 1.807) is 24.3 Å². The predicted octanol–water partition coefficient (Wildman–Crippen LogP) is 2.11. The highest BCUT2D eigenvalue weighted by molar-refractivity contribution is 7.92. The van der Waals surface area contributed by atoms with Crippen LogP contribution in [0.15, 0.2) is 48.5 Å². The molecule has 8 heteroatoms. The summed E-state index contributed by atoms with van der Waals surface area (Å²) in [5.74, 6) is 0.738. The third-order valence-corrected chi connectivity index (χ3v) is 5.55. The highest BCUT2D eigenvalue weighted by atomic mass is 32.2. The van der Waals surface area contributed by atoms with Crippen LogP contribution in [-0.4, -0.2) is 45.9 Å². The number of para-hydroxylation sites is 3. The lowest BCUT2D eigenvalue weighted by Crippen LogP contribution is -2.52. The van der Waals surface area contributed by atoms with Crippen LogP contribution in [0.25, 0.3) is 0 Å². The van der Waals surface area contributed by atoms with Crippen molar-refractivity contribution < 1.29 is 22.7 Å². The first-order valence-electron chi connectivity index (χ1n) is 8.98. The van der Waals surface area contributed by atoms with Crippen molar-refractivity contribution in [1.29, 1.82) is 0 Å². The highest BCUT2D eigenvalue weighted by Crippen LogP contribution is 2.34. The third kappa shape index (κ3) is 4.56. The number of anilines is 1. The molecule has 2 aromatic carbocycles. The van der Waals surface area contributed by atoms with Crippen LogP contribution in [-0.2, 0) is 14.8 Å². The van der Waals surface area contributed by atoms with Crippen LogP contribution in [0, 0.1) is 6.92 Å². The molecule has 0 saturated heterocycles. The molecular formula is C20H24N2O5S. The molecule has 0 bridgehead atoms. The van der Waals surface area contributed by atoms with Crippen LogP contribution in [0.3, 0.4) is 0 Å². The lowest BCUT2D eigenvalue weighted by Gasteiger charge is -2.34. The zero-order valence-electron chi connectivity index (χ0n) is 16.1. The molecule has 0 aliphatic carbocycles. The number of sulfonamides is 1. The van der Waals surface area contributed by atoms with Gasteiger partial charge in [0.1, 0.15) is 18.1 Å². The molecule has 1 aliphatic rings. The lowest BCUT2D eigenvalue weighted by molar-refractivity contribution is -0.128. The maximum absolute atomic E-state index is 12.7. The summed E-state index contributed by atoms with van der Waals surface area (Å²) in [5.41, 5.74) is 1.45. The van der Waals surface area contributed by atoms with Gasteiger partial charge in [-0.3, -0.25) is 9.10 Å². The van der Waals surface area contributed by atoms with Crippen molar-refractivity contribution in [3.05, 3.63) is 54.1 Å². The fourth-order valence-electron chi connectivity index (χ4n) is 2.96. The van der Waals surface area contributed by atoms with Crippen molar-refractivity contribution >= 4 is 21.6 Å². The van der Waals surface area contributed by atoms with Gasteiger partial charge in [0, 0.05) is 0 Å². The van der Waals surface area contributed by atoms with E-state index < -0.39 is 16.1 Å². The minimum atomic E-state index is -3.54. The number of rotatable bonds is 6. The van der Waals surface area contributed by atoms with E-state index in [-0.39, 0.29) is 25.1 Å². The quantitative estimate of drug-likeness (QED) is 0.797. The Morgan fingerprint density at radius 1 is 1.25 bits per heavy atom. The minimum Gasteiger partial charge on any atom is -0.491 e. The molecular weight excluding hydrogens is 380 g/mol. The molecule has 7 nitrogen and oxygen atoms in total. The van der Waals surface area contributed by atoms with E-state index in [2.05, 4.69) is 5.32 Å². The average molecular weight is 404 g/mol. The normalized spacial score (nSPS) is 17.2. The van der Waals surface area contributed by atoms with Crippen molar-refractivity contribution in [2.24, 2.45) is 0 Å². The first kappa shape index (κ1) is 20.0. The summed E-state index contributed by atoms with van der Waals surface area (Å²) in [6, 6.07) is 14.1. The summed E-state index contributed by atoms with van der Waals surface area (Å²) in [6.45, 7) is 3.98. The van der Waals surface area contributed by atoms with Gasteiger partial charge in [-0.1, -0.05) is 30.3 Å². The van der Waals surface area contributed by atoms with Crippen LogP contribution >= 0.6 is 0 Å². The number of benzene rings is 2. The van der Waals surface area contributed by atoms with E-state index >= 15 is 0 Å². The Balaban J connectivity index is 1.65. The van der Waals surface area contributed by atoms with Crippen LogP contribution < -0.4 is 19.1 Å². The maximum atomic E-state index is 12.7. The number of ether oxygens (including phenoxy) is 2. The second-order valence-corrected chi connectivity index (χ2v) is 8.76. The highest BCUT2D eigenvalue weighted by Gasteiger charge is 2.35. The molecule has 0 radical (unpaired) electrons. The van der Waals surface area contributed by atoms with Gasteiger partial charge in [0.2, 0.25) is 10.0 Å². The van der Waals surface area contributed by atoms with Gasteiger partial charge in [0.25, 0.3) is 5.91 Å². The van der Waals surface area contributed by atoms with Gasteiger partial charge >= 0.3 is 0 Å². The summed E-state index contributed by atoms with van der Waals surface area (Å²) < 4.78 is 37.0. The second-order valence-electron chi connectivity index (χ2n) is 6.85. The number of hydrogen-bond acceptors (Lipinski definition) is 5. The molecule has 1 N–H and O–H groups in total. The fraction of sp³-hybridized carbons (Fsp3) is 0.350. The Hall–Kier alpha value is -2.74. The summed E-state index contributed by atoms with van der Waals surface area (Å²) in [7, 11) is -3.54. The number of carbonyl (C=O) groups excluding carboxylic acids is 1. The van der Waals surface area contributed by atoms with E-state index in [0.29, 0.717) is 11.4 Å². The van der Waals surface area contributed by atoms with Gasteiger partial charge in [-0.05, 0) is 37.6 Å². The molecule has 0 unspecified atom stereocenters. The standard InChI is InChI=1S/C20H24N2O5S/c1-14-8-4-6-10-17(14)26-13-15(2)21-20(23)19-12-22(28(3,24)25)16-9-5-7-11-18(16)27-19/h4-11,15,19H,12-13H2,1-3H3,(H,21,23)/t15-,19+/m0/s1. The monoisotopic (exact) mass is 404 g/mol. The Morgan fingerprint density at radius 3 is 2.64 bits per heavy atom. The van der Waals surface area contributed by atoms with Gasteiger partial charge in [-0.15, -0.1) is 0 Å². The summed E-state index contributed by atoms with van der Waals surface area (Å²) >= 11 is 0. The fourth-order valence-corrected chi connectivity index (χ4v) is 3.88. The Kier molecular flexibility index (Phi) is 5.79. The second kappa shape index (κ2) is 8.10. The zero-order valence-corrected chi connectivity index (χ0v) is 16.9. The topological polar surface area (TPSA) is 84.9 Å². The predicted molar refractivity (Wildman–Crippen MR) is 107 cm³/mol. The third-order valence-electron chi connectivity index (χ3n) is 4.40. The molecule has 1 amide bonds. The molecule has 0 aromatic heterocycles. The first-order chi connectivity index (χ1) is 13.3. The molecule has 1 aliphatic heterocycles. The Morgan fingerprint density at radius 2 is 1.93 bits per heavy atom. The summed E-state index contributed by atoms with van der Waals surface area (Å²) in [5, 5.41) is 2.83. The Bertz CT molecular complexity index is 961. The Labute approximate surface area is 165 Å². The van der Waals surface area contributed by atoms with E-state index in [0.717, 1.165) is 17.6 Å². The first-order valence-corrected chi connectivity index (χ1v) is 10.8. The van der Waals surface area contributed by atoms with Crippen LogP contribution in [0.2, 0.25) is 0 Å². The van der Waals surface area contributed by atoms with Crippen molar-refractivity contribution in [2.45, 2.75) is 26.0 Å². The van der Waals surface area contributed by atoms with Gasteiger partial charge < -0.3 is 14.8 Å². The maximum Gasteiger partial charge on any atom is 0.263 e. The van der Waals surface area contributed by atoms with Crippen LogP contribution in [0.1, 0.15) is 12.5 Å². The molecule has 0 saturated carbocycles. The summed E-state index contributed by atoms with van der Waals surface area (Å²) in [6.07, 6.45) is 0.174. The molecule has 0 spiro atoms. The van der Waals surface area contributed by atoms with Crippen LogP contribution in [0.5, 0.6) is 11.5 Å². The smallest absolute Gasteiger partial charge is 0.263 e. The zero-order chi connectivity index (χ0) is 20.3. The van der Waals surface area contributed by atoms with Gasteiger partial charge in [-0.2, -0.15) is 0 Å². The van der Waals surface area contributed by atoms with E-state index in [9.17, 15) is 13.2 Å². The molecule has 0 fully saturated rings. The number of amides is 1. The molecule has 2 aromatic rings. The number of nitrogens with one attached hydrogen (secondary N) is 1. The molecule has 28 heavy (non-hydrogen) atoms. The SMILES string of the molecule is Cc1ccccc1OC[C@H](C)NC(=O)[C@H]1CN(S(C)(=O)=O)c2ccccc2O1. The lowest BCUT2D eigenvalue weighted by atomic mass is 10.2. The molecule has 150 valence electrons. The van der Waals surface area contributed by atoms with Crippen molar-refractivity contribution in [1.82, 2.24) is 5.32 Å². The van der Waals surface area contributed by atoms with Crippen molar-refractivity contribution in [2.75, 3.05) is 23.7 Å². The van der Waals surface area contributed by atoms with Gasteiger partial charge in [0.05, 0.1) is 24.5 Å². The minimum absolute atomic E-state index is 0.0763. The molecule has 2 atom stereocenters. The number of fused-ring (bicyclic) bond motifs is 1. The van der Waals surface area contributed by atoms with Gasteiger partial charge in [0.15, 0.2) is 6.10 Å².